The summed E-state index contributed by atoms with van der Waals surface area (Å²) in [5.41, 5.74) is 0. The number of amides is 1. The van der Waals surface area contributed by atoms with Crippen molar-refractivity contribution in [2.75, 3.05) is 26.2 Å². The van der Waals surface area contributed by atoms with Crippen LogP contribution in [-0.2, 0) is 9.53 Å². The van der Waals surface area contributed by atoms with Crippen LogP contribution in [0.4, 0.5) is 0 Å². The second kappa shape index (κ2) is 4.49. The summed E-state index contributed by atoms with van der Waals surface area (Å²) in [5, 5.41) is 3.29. The zero-order valence-corrected chi connectivity index (χ0v) is 9.53. The van der Waals surface area contributed by atoms with E-state index >= 15 is 0 Å². The molecule has 1 amide bonds. The van der Waals surface area contributed by atoms with Crippen molar-refractivity contribution in [3.8, 4) is 0 Å². The summed E-state index contributed by atoms with van der Waals surface area (Å²) in [6.45, 7) is 7.29. The average Bonchev–Trinajstić information content (AvgIpc) is 2.63. The van der Waals surface area contributed by atoms with E-state index in [0.717, 1.165) is 26.1 Å². The summed E-state index contributed by atoms with van der Waals surface area (Å²) in [5.74, 6) is 0.728. The maximum Gasteiger partial charge on any atom is 0.240 e. The molecule has 2 fully saturated rings. The van der Waals surface area contributed by atoms with Crippen LogP contribution in [0.15, 0.2) is 0 Å². The SMILES string of the molecule is CC1CN(C(=O)C2NCCC2C)CCO1. The zero-order chi connectivity index (χ0) is 10.8. The molecule has 86 valence electrons. The number of carbonyl (C=O) groups excluding carboxylic acids is 1. The molecule has 4 heteroatoms. The molecule has 0 bridgehead atoms. The van der Waals surface area contributed by atoms with Gasteiger partial charge in [-0.1, -0.05) is 6.92 Å². The van der Waals surface area contributed by atoms with Gasteiger partial charge in [0.1, 0.15) is 0 Å². The van der Waals surface area contributed by atoms with Crippen LogP contribution in [0.3, 0.4) is 0 Å². The van der Waals surface area contributed by atoms with Crippen LogP contribution >= 0.6 is 0 Å². The number of nitrogens with zero attached hydrogens (tertiary/aromatic N) is 1. The molecule has 0 radical (unpaired) electrons. The summed E-state index contributed by atoms with van der Waals surface area (Å²) in [7, 11) is 0. The van der Waals surface area contributed by atoms with E-state index in [2.05, 4.69) is 12.2 Å². The van der Waals surface area contributed by atoms with E-state index < -0.39 is 0 Å². The van der Waals surface area contributed by atoms with Gasteiger partial charge in [-0.15, -0.1) is 0 Å². The van der Waals surface area contributed by atoms with Gasteiger partial charge in [0, 0.05) is 13.1 Å². The number of nitrogens with one attached hydrogen (secondary N) is 1. The van der Waals surface area contributed by atoms with Gasteiger partial charge in [0.25, 0.3) is 0 Å². The third-order valence-corrected chi connectivity index (χ3v) is 3.35. The highest BCUT2D eigenvalue weighted by Crippen LogP contribution is 2.17. The first-order valence-corrected chi connectivity index (χ1v) is 5.82. The van der Waals surface area contributed by atoms with Crippen molar-refractivity contribution in [2.24, 2.45) is 5.92 Å². The lowest BCUT2D eigenvalue weighted by Crippen LogP contribution is -2.51. The van der Waals surface area contributed by atoms with Gasteiger partial charge in [-0.2, -0.15) is 0 Å². The summed E-state index contributed by atoms with van der Waals surface area (Å²) < 4.78 is 5.43. The zero-order valence-electron chi connectivity index (χ0n) is 9.53. The van der Waals surface area contributed by atoms with E-state index in [1.807, 2.05) is 11.8 Å². The van der Waals surface area contributed by atoms with E-state index in [9.17, 15) is 4.79 Å². The van der Waals surface area contributed by atoms with Crippen LogP contribution in [0.25, 0.3) is 0 Å². The highest BCUT2D eigenvalue weighted by molar-refractivity contribution is 5.82. The minimum Gasteiger partial charge on any atom is -0.375 e. The van der Waals surface area contributed by atoms with E-state index in [4.69, 9.17) is 4.74 Å². The molecule has 2 aliphatic rings. The van der Waals surface area contributed by atoms with Crippen LogP contribution in [0, 0.1) is 5.92 Å². The summed E-state index contributed by atoms with van der Waals surface area (Å²) in [6, 6.07) is 0.0373. The molecule has 0 aromatic rings. The number of rotatable bonds is 1. The standard InChI is InChI=1S/C11H20N2O2/c1-8-3-4-12-10(8)11(14)13-5-6-15-9(2)7-13/h8-10,12H,3-7H2,1-2H3. The van der Waals surface area contributed by atoms with Crippen LogP contribution < -0.4 is 5.32 Å². The Balaban J connectivity index is 1.94. The summed E-state index contributed by atoms with van der Waals surface area (Å²) in [6.07, 6.45) is 1.29. The van der Waals surface area contributed by atoms with Gasteiger partial charge in [0.15, 0.2) is 0 Å². The summed E-state index contributed by atoms with van der Waals surface area (Å²) in [4.78, 5) is 14.1. The average molecular weight is 212 g/mol. The van der Waals surface area contributed by atoms with Crippen LogP contribution in [0.1, 0.15) is 20.3 Å². The maximum atomic E-state index is 12.2. The lowest BCUT2D eigenvalue weighted by Gasteiger charge is -2.33. The predicted molar refractivity (Wildman–Crippen MR) is 57.6 cm³/mol. The Morgan fingerprint density at radius 3 is 2.87 bits per heavy atom. The highest BCUT2D eigenvalue weighted by Gasteiger charge is 2.33. The van der Waals surface area contributed by atoms with E-state index in [1.54, 1.807) is 0 Å². The Morgan fingerprint density at radius 2 is 2.27 bits per heavy atom. The van der Waals surface area contributed by atoms with Gasteiger partial charge in [-0.05, 0) is 25.8 Å². The van der Waals surface area contributed by atoms with Crippen molar-refractivity contribution in [1.29, 1.82) is 0 Å². The molecule has 2 saturated heterocycles. The van der Waals surface area contributed by atoms with Crippen LogP contribution in [-0.4, -0.2) is 49.2 Å². The Kier molecular flexibility index (Phi) is 3.26. The van der Waals surface area contributed by atoms with E-state index in [0.29, 0.717) is 12.5 Å². The van der Waals surface area contributed by atoms with Crippen molar-refractivity contribution in [2.45, 2.75) is 32.4 Å². The molecule has 0 saturated carbocycles. The monoisotopic (exact) mass is 212 g/mol. The number of hydrogen-bond acceptors (Lipinski definition) is 3. The molecule has 15 heavy (non-hydrogen) atoms. The van der Waals surface area contributed by atoms with Crippen molar-refractivity contribution >= 4 is 5.91 Å². The Labute approximate surface area is 91.0 Å². The molecule has 2 heterocycles. The first-order valence-electron chi connectivity index (χ1n) is 5.82. The molecule has 2 aliphatic heterocycles. The van der Waals surface area contributed by atoms with Gasteiger partial charge in [-0.3, -0.25) is 4.79 Å². The minimum atomic E-state index is 0.0373. The van der Waals surface area contributed by atoms with Crippen molar-refractivity contribution in [3.63, 3.8) is 0 Å². The molecule has 2 rings (SSSR count). The Hall–Kier alpha value is -0.610. The number of hydrogen-bond donors (Lipinski definition) is 1. The molecule has 0 aromatic carbocycles. The normalized spacial score (nSPS) is 36.9. The first kappa shape index (κ1) is 10.9. The summed E-state index contributed by atoms with van der Waals surface area (Å²) >= 11 is 0. The van der Waals surface area contributed by atoms with E-state index in [-0.39, 0.29) is 18.1 Å². The third-order valence-electron chi connectivity index (χ3n) is 3.35. The fourth-order valence-electron chi connectivity index (χ4n) is 2.38. The van der Waals surface area contributed by atoms with Gasteiger partial charge < -0.3 is 15.0 Å². The second-order valence-electron chi connectivity index (χ2n) is 4.66. The molecule has 0 aliphatic carbocycles. The number of carbonyl (C=O) groups is 1. The van der Waals surface area contributed by atoms with Crippen LogP contribution in [0.2, 0.25) is 0 Å². The molecule has 1 N–H and O–H groups in total. The van der Waals surface area contributed by atoms with Crippen molar-refractivity contribution in [3.05, 3.63) is 0 Å². The van der Waals surface area contributed by atoms with E-state index in [1.165, 1.54) is 0 Å². The minimum absolute atomic E-state index is 0.0373. The molecular weight excluding hydrogens is 192 g/mol. The van der Waals surface area contributed by atoms with Gasteiger partial charge in [0.2, 0.25) is 5.91 Å². The molecule has 0 spiro atoms. The molecule has 0 aromatic heterocycles. The molecule has 3 atom stereocenters. The van der Waals surface area contributed by atoms with Crippen LogP contribution in [0.5, 0.6) is 0 Å². The number of ether oxygens (including phenoxy) is 1. The Bertz CT molecular complexity index is 245. The third kappa shape index (κ3) is 2.32. The topological polar surface area (TPSA) is 41.6 Å². The second-order valence-corrected chi connectivity index (χ2v) is 4.66. The quantitative estimate of drug-likeness (QED) is 0.676. The van der Waals surface area contributed by atoms with Crippen molar-refractivity contribution in [1.82, 2.24) is 10.2 Å². The molecule has 3 unspecified atom stereocenters. The van der Waals surface area contributed by atoms with Gasteiger partial charge >= 0.3 is 0 Å². The fraction of sp³-hybridized carbons (Fsp3) is 0.909. The van der Waals surface area contributed by atoms with Gasteiger partial charge in [-0.25, -0.2) is 0 Å². The first-order chi connectivity index (χ1) is 7.18. The highest BCUT2D eigenvalue weighted by atomic mass is 16.5. The fourth-order valence-corrected chi connectivity index (χ4v) is 2.38. The van der Waals surface area contributed by atoms with Gasteiger partial charge in [0.05, 0.1) is 18.8 Å². The number of morpholine rings is 1. The largest absolute Gasteiger partial charge is 0.375 e. The van der Waals surface area contributed by atoms with Crippen molar-refractivity contribution < 1.29 is 9.53 Å². The smallest absolute Gasteiger partial charge is 0.240 e. The molecular formula is C11H20N2O2. The predicted octanol–water partition coefficient (Wildman–Crippen LogP) is 0.232. The Morgan fingerprint density at radius 1 is 1.47 bits per heavy atom. The molecule has 4 nitrogen and oxygen atoms in total. The maximum absolute atomic E-state index is 12.2. The lowest BCUT2D eigenvalue weighted by atomic mass is 10.0. The lowest BCUT2D eigenvalue weighted by molar-refractivity contribution is -0.140.